The van der Waals surface area contributed by atoms with Gasteiger partial charge in [-0.3, -0.25) is 14.9 Å². The van der Waals surface area contributed by atoms with Crippen LogP contribution in [0.3, 0.4) is 0 Å². The smallest absolute Gasteiger partial charge is 0.324 e. The van der Waals surface area contributed by atoms with Crippen LogP contribution in [-0.4, -0.2) is 30.0 Å². The summed E-state index contributed by atoms with van der Waals surface area (Å²) in [5, 5.41) is 3.54. The summed E-state index contributed by atoms with van der Waals surface area (Å²) in [7, 11) is 0. The van der Waals surface area contributed by atoms with Crippen LogP contribution in [0, 0.1) is 12.3 Å². The number of benzene rings is 3. The maximum absolute atomic E-state index is 14.5. The van der Waals surface area contributed by atoms with Gasteiger partial charge in [0.2, 0.25) is 0 Å². The van der Waals surface area contributed by atoms with Crippen molar-refractivity contribution in [2.75, 3.05) is 6.61 Å². The van der Waals surface area contributed by atoms with Gasteiger partial charge in [0, 0.05) is 12.0 Å². The molecule has 3 aromatic carbocycles. The largest absolute Gasteiger partial charge is 0.492 e. The maximum Gasteiger partial charge on any atom is 0.324 e. The average Bonchev–Trinajstić information content (AvgIpc) is 3.18. The SMILES string of the molecule is Cc1ccc([C@@H]2[C@@H](C(=O)OC(C)(C)C)N[C@@H](c3ccccc3)[C@]23COc2ccccc2C3=O)cc1. The van der Waals surface area contributed by atoms with E-state index in [-0.39, 0.29) is 18.4 Å². The molecule has 3 aromatic rings. The molecule has 0 saturated carbocycles. The summed E-state index contributed by atoms with van der Waals surface area (Å²) in [4.78, 5) is 28.1. The molecule has 0 amide bonds. The highest BCUT2D eigenvalue weighted by Crippen LogP contribution is 2.57. The van der Waals surface area contributed by atoms with Crippen molar-refractivity contribution in [2.45, 2.75) is 51.3 Å². The van der Waals surface area contributed by atoms with Gasteiger partial charge in [-0.2, -0.15) is 0 Å². The Bertz CT molecular complexity index is 1250. The minimum Gasteiger partial charge on any atom is -0.492 e. The van der Waals surface area contributed by atoms with Crippen molar-refractivity contribution in [3.63, 3.8) is 0 Å². The number of Topliss-reactive ketones (excluding diaryl/α,β-unsaturated/α-hetero) is 1. The van der Waals surface area contributed by atoms with E-state index in [4.69, 9.17) is 9.47 Å². The highest BCUT2D eigenvalue weighted by molar-refractivity contribution is 6.06. The number of carbonyl (C=O) groups excluding carboxylic acids is 2. The first-order chi connectivity index (χ1) is 16.7. The lowest BCUT2D eigenvalue weighted by atomic mass is 9.62. The first-order valence-electron chi connectivity index (χ1n) is 12.1. The van der Waals surface area contributed by atoms with Crippen LogP contribution >= 0.6 is 0 Å². The molecule has 0 aromatic heterocycles. The van der Waals surface area contributed by atoms with E-state index < -0.39 is 29.0 Å². The van der Waals surface area contributed by atoms with Gasteiger partial charge in [0.1, 0.15) is 24.0 Å². The third-order valence-electron chi connectivity index (χ3n) is 7.00. The predicted molar refractivity (Wildman–Crippen MR) is 135 cm³/mol. The van der Waals surface area contributed by atoms with Crippen LogP contribution in [0.25, 0.3) is 0 Å². The van der Waals surface area contributed by atoms with Crippen LogP contribution in [0.5, 0.6) is 5.75 Å². The van der Waals surface area contributed by atoms with E-state index in [2.05, 4.69) is 5.32 Å². The monoisotopic (exact) mass is 469 g/mol. The van der Waals surface area contributed by atoms with Crippen LogP contribution in [-0.2, 0) is 9.53 Å². The summed E-state index contributed by atoms with van der Waals surface area (Å²) < 4.78 is 12.1. The van der Waals surface area contributed by atoms with Crippen LogP contribution in [0.4, 0.5) is 0 Å². The molecule has 0 aliphatic carbocycles. The van der Waals surface area contributed by atoms with E-state index >= 15 is 0 Å². The summed E-state index contributed by atoms with van der Waals surface area (Å²) in [5.41, 5.74) is 1.81. The molecule has 35 heavy (non-hydrogen) atoms. The quantitative estimate of drug-likeness (QED) is 0.521. The van der Waals surface area contributed by atoms with Crippen molar-refractivity contribution < 1.29 is 19.1 Å². The number of hydrogen-bond donors (Lipinski definition) is 1. The number of hydrogen-bond acceptors (Lipinski definition) is 5. The summed E-state index contributed by atoms with van der Waals surface area (Å²) in [6, 6.07) is 24.1. The van der Waals surface area contributed by atoms with E-state index in [0.29, 0.717) is 11.3 Å². The first kappa shape index (κ1) is 23.3. The highest BCUT2D eigenvalue weighted by atomic mass is 16.6. The van der Waals surface area contributed by atoms with E-state index in [1.165, 1.54) is 0 Å². The Balaban J connectivity index is 1.73. The Kier molecular flexibility index (Phi) is 5.76. The Morgan fingerprint density at radius 1 is 0.943 bits per heavy atom. The maximum atomic E-state index is 14.5. The van der Waals surface area contributed by atoms with Crippen molar-refractivity contribution in [3.8, 4) is 5.75 Å². The number of ether oxygens (including phenoxy) is 2. The molecule has 5 heteroatoms. The van der Waals surface area contributed by atoms with Crippen LogP contribution in [0.2, 0.25) is 0 Å². The lowest BCUT2D eigenvalue weighted by Gasteiger charge is -2.42. The van der Waals surface area contributed by atoms with Gasteiger partial charge in [-0.1, -0.05) is 72.3 Å². The van der Waals surface area contributed by atoms with E-state index in [9.17, 15) is 9.59 Å². The second-order valence-electron chi connectivity index (χ2n) is 10.6. The molecule has 1 spiro atoms. The van der Waals surface area contributed by atoms with Gasteiger partial charge in [-0.15, -0.1) is 0 Å². The molecule has 2 heterocycles. The topological polar surface area (TPSA) is 64.6 Å². The number of fused-ring (bicyclic) bond motifs is 1. The number of carbonyl (C=O) groups is 2. The third kappa shape index (κ3) is 4.04. The fourth-order valence-corrected chi connectivity index (χ4v) is 5.51. The van der Waals surface area contributed by atoms with Crippen LogP contribution < -0.4 is 10.1 Å². The zero-order chi connectivity index (χ0) is 24.8. The van der Waals surface area contributed by atoms with Crippen molar-refractivity contribution in [2.24, 2.45) is 5.41 Å². The number of para-hydroxylation sites is 1. The number of esters is 1. The number of ketones is 1. The zero-order valence-electron chi connectivity index (χ0n) is 20.6. The number of aryl methyl sites for hydroxylation is 1. The molecule has 1 fully saturated rings. The average molecular weight is 470 g/mol. The summed E-state index contributed by atoms with van der Waals surface area (Å²) in [6.07, 6.45) is 0. The van der Waals surface area contributed by atoms with Gasteiger partial charge >= 0.3 is 5.97 Å². The first-order valence-corrected chi connectivity index (χ1v) is 12.1. The van der Waals surface area contributed by atoms with Gasteiger partial charge in [0.25, 0.3) is 0 Å². The van der Waals surface area contributed by atoms with Crippen molar-refractivity contribution in [3.05, 3.63) is 101 Å². The van der Waals surface area contributed by atoms with Gasteiger partial charge < -0.3 is 9.47 Å². The highest BCUT2D eigenvalue weighted by Gasteiger charge is 2.64. The molecule has 5 rings (SSSR count). The molecule has 4 atom stereocenters. The lowest BCUT2D eigenvalue weighted by molar-refractivity contribution is -0.157. The molecular formula is C30H31NO4. The summed E-state index contributed by atoms with van der Waals surface area (Å²) in [5.74, 6) is -0.285. The molecule has 2 aliphatic heterocycles. The van der Waals surface area contributed by atoms with E-state index in [1.807, 2.05) is 107 Å². The number of rotatable bonds is 3. The van der Waals surface area contributed by atoms with E-state index in [1.54, 1.807) is 0 Å². The molecule has 2 aliphatic rings. The van der Waals surface area contributed by atoms with Crippen molar-refractivity contribution >= 4 is 11.8 Å². The number of nitrogens with one attached hydrogen (secondary N) is 1. The Morgan fingerprint density at radius 3 is 2.29 bits per heavy atom. The second kappa shape index (κ2) is 8.65. The molecular weight excluding hydrogens is 438 g/mol. The van der Waals surface area contributed by atoms with E-state index in [0.717, 1.165) is 16.7 Å². The lowest BCUT2D eigenvalue weighted by Crippen LogP contribution is -2.48. The molecule has 180 valence electrons. The fraction of sp³-hybridized carbons (Fsp3) is 0.333. The zero-order valence-corrected chi connectivity index (χ0v) is 20.6. The van der Waals surface area contributed by atoms with Crippen molar-refractivity contribution in [1.82, 2.24) is 5.32 Å². The van der Waals surface area contributed by atoms with Crippen LogP contribution in [0.1, 0.15) is 59.8 Å². The molecule has 5 nitrogen and oxygen atoms in total. The molecule has 0 unspecified atom stereocenters. The van der Waals surface area contributed by atoms with Gasteiger partial charge in [0.15, 0.2) is 5.78 Å². The predicted octanol–water partition coefficient (Wildman–Crippen LogP) is 5.40. The Morgan fingerprint density at radius 2 is 1.60 bits per heavy atom. The normalized spacial score (nSPS) is 25.7. The minimum atomic E-state index is -1.04. The molecule has 1 saturated heterocycles. The fourth-order valence-electron chi connectivity index (χ4n) is 5.51. The third-order valence-corrected chi connectivity index (χ3v) is 7.00. The van der Waals surface area contributed by atoms with Crippen LogP contribution in [0.15, 0.2) is 78.9 Å². The standard InChI is InChI=1S/C30H31NO4/c1-19-14-16-20(17-15-19)24-25(28(33)35-29(2,3)4)31-26(21-10-6-5-7-11-21)30(24)18-34-23-13-9-8-12-22(23)27(30)32/h5-17,24-26,31H,18H2,1-4H3/t24-,25+,26+,30+/m1/s1. The second-order valence-corrected chi connectivity index (χ2v) is 10.6. The van der Waals surface area contributed by atoms with Gasteiger partial charge in [0.05, 0.1) is 11.0 Å². The van der Waals surface area contributed by atoms with Crippen molar-refractivity contribution in [1.29, 1.82) is 0 Å². The minimum absolute atomic E-state index is 0.0164. The Labute approximate surface area is 206 Å². The molecule has 1 N–H and O–H groups in total. The summed E-state index contributed by atoms with van der Waals surface area (Å²) in [6.45, 7) is 7.76. The van der Waals surface area contributed by atoms with Gasteiger partial charge in [-0.25, -0.2) is 0 Å². The summed E-state index contributed by atoms with van der Waals surface area (Å²) >= 11 is 0. The van der Waals surface area contributed by atoms with Gasteiger partial charge in [-0.05, 0) is 51.0 Å². The molecule has 0 bridgehead atoms. The molecule has 0 radical (unpaired) electrons. The Hall–Kier alpha value is -3.44.